The van der Waals surface area contributed by atoms with E-state index in [0.29, 0.717) is 17.4 Å². The summed E-state index contributed by atoms with van der Waals surface area (Å²) in [5.74, 6) is 2.34. The topological polar surface area (TPSA) is 42.2 Å². The lowest BCUT2D eigenvalue weighted by atomic mass is 10.2. The fourth-order valence-electron chi connectivity index (χ4n) is 1.88. The van der Waals surface area contributed by atoms with Gasteiger partial charge in [-0.3, -0.25) is 0 Å². The standard InChI is InChI=1S/C11H16FN3S/c1-15(9-3-5-16-7-9)11-10(12)8(6-13)2-4-14-11/h2,4,9H,3,5-7,13H2,1H3. The van der Waals surface area contributed by atoms with Crippen LogP contribution in [0.1, 0.15) is 12.0 Å². The predicted molar refractivity (Wildman–Crippen MR) is 66.2 cm³/mol. The van der Waals surface area contributed by atoms with E-state index >= 15 is 0 Å². The van der Waals surface area contributed by atoms with Gasteiger partial charge in [-0.1, -0.05) is 0 Å². The summed E-state index contributed by atoms with van der Waals surface area (Å²) in [5.41, 5.74) is 6.01. The summed E-state index contributed by atoms with van der Waals surface area (Å²) in [6, 6.07) is 2.02. The zero-order valence-electron chi connectivity index (χ0n) is 9.32. The Morgan fingerprint density at radius 2 is 2.50 bits per heavy atom. The highest BCUT2D eigenvalue weighted by molar-refractivity contribution is 7.99. The monoisotopic (exact) mass is 241 g/mol. The van der Waals surface area contributed by atoms with Gasteiger partial charge in [0.05, 0.1) is 0 Å². The van der Waals surface area contributed by atoms with Gasteiger partial charge in [0.15, 0.2) is 11.6 Å². The highest BCUT2D eigenvalue weighted by atomic mass is 32.2. The Kier molecular flexibility index (Phi) is 3.66. The molecule has 1 aliphatic rings. The van der Waals surface area contributed by atoms with Gasteiger partial charge in [-0.25, -0.2) is 9.37 Å². The molecule has 1 aliphatic heterocycles. The minimum absolute atomic E-state index is 0.217. The van der Waals surface area contributed by atoms with Crippen molar-refractivity contribution in [1.82, 2.24) is 4.98 Å². The van der Waals surface area contributed by atoms with Crippen LogP contribution in [-0.4, -0.2) is 29.6 Å². The molecule has 1 aromatic heterocycles. The van der Waals surface area contributed by atoms with Gasteiger partial charge in [0.25, 0.3) is 0 Å². The lowest BCUT2D eigenvalue weighted by molar-refractivity contribution is 0.584. The van der Waals surface area contributed by atoms with Crippen LogP contribution in [0.25, 0.3) is 0 Å². The van der Waals surface area contributed by atoms with Crippen molar-refractivity contribution in [3.63, 3.8) is 0 Å². The molecule has 5 heteroatoms. The molecule has 0 aromatic carbocycles. The summed E-state index contributed by atoms with van der Waals surface area (Å²) < 4.78 is 14.0. The first-order chi connectivity index (χ1) is 7.74. The van der Waals surface area contributed by atoms with Crippen molar-refractivity contribution < 1.29 is 4.39 Å². The first kappa shape index (κ1) is 11.7. The van der Waals surface area contributed by atoms with E-state index in [1.165, 1.54) is 0 Å². The second-order valence-electron chi connectivity index (χ2n) is 3.94. The van der Waals surface area contributed by atoms with Crippen LogP contribution in [0.4, 0.5) is 10.2 Å². The minimum Gasteiger partial charge on any atom is -0.353 e. The quantitative estimate of drug-likeness (QED) is 0.873. The van der Waals surface area contributed by atoms with Crippen molar-refractivity contribution in [1.29, 1.82) is 0 Å². The van der Waals surface area contributed by atoms with Crippen LogP contribution in [0.15, 0.2) is 12.3 Å². The first-order valence-corrected chi connectivity index (χ1v) is 6.53. The third-order valence-electron chi connectivity index (χ3n) is 2.96. The van der Waals surface area contributed by atoms with E-state index in [0.717, 1.165) is 17.9 Å². The molecular formula is C11H16FN3S. The molecule has 0 bridgehead atoms. The second-order valence-corrected chi connectivity index (χ2v) is 5.09. The van der Waals surface area contributed by atoms with E-state index in [4.69, 9.17) is 5.73 Å². The van der Waals surface area contributed by atoms with Gasteiger partial charge in [-0.05, 0) is 18.2 Å². The smallest absolute Gasteiger partial charge is 0.170 e. The van der Waals surface area contributed by atoms with Crippen molar-refractivity contribution in [3.05, 3.63) is 23.6 Å². The first-order valence-electron chi connectivity index (χ1n) is 5.38. The number of thioether (sulfide) groups is 1. The van der Waals surface area contributed by atoms with Crippen LogP contribution in [-0.2, 0) is 6.54 Å². The Hall–Kier alpha value is -0.810. The maximum Gasteiger partial charge on any atom is 0.170 e. The summed E-state index contributed by atoms with van der Waals surface area (Å²) in [5, 5.41) is 0. The number of halogens is 1. The van der Waals surface area contributed by atoms with Crippen molar-refractivity contribution in [2.24, 2.45) is 5.73 Å². The SMILES string of the molecule is CN(c1nccc(CN)c1F)C1CCSC1. The molecule has 88 valence electrons. The summed E-state index contributed by atoms with van der Waals surface area (Å²) in [6.45, 7) is 0.217. The van der Waals surface area contributed by atoms with Gasteiger partial charge >= 0.3 is 0 Å². The summed E-state index contributed by atoms with van der Waals surface area (Å²) in [4.78, 5) is 6.06. The molecule has 3 nitrogen and oxygen atoms in total. The van der Waals surface area contributed by atoms with E-state index in [2.05, 4.69) is 4.98 Å². The van der Waals surface area contributed by atoms with Crippen LogP contribution in [0.2, 0.25) is 0 Å². The van der Waals surface area contributed by atoms with Crippen LogP contribution in [0.3, 0.4) is 0 Å². The van der Waals surface area contributed by atoms with Crippen LogP contribution < -0.4 is 10.6 Å². The lowest BCUT2D eigenvalue weighted by Gasteiger charge is -2.25. The largest absolute Gasteiger partial charge is 0.353 e. The molecule has 1 atom stereocenters. The fourth-order valence-corrected chi connectivity index (χ4v) is 3.14. The van der Waals surface area contributed by atoms with Crippen LogP contribution >= 0.6 is 11.8 Å². The van der Waals surface area contributed by atoms with E-state index in [1.54, 1.807) is 12.3 Å². The van der Waals surface area contributed by atoms with Crippen molar-refractivity contribution in [3.8, 4) is 0 Å². The highest BCUT2D eigenvalue weighted by Gasteiger charge is 2.23. The van der Waals surface area contributed by atoms with Crippen molar-refractivity contribution in [2.75, 3.05) is 23.5 Å². The zero-order chi connectivity index (χ0) is 11.5. The molecule has 2 heterocycles. The molecule has 16 heavy (non-hydrogen) atoms. The number of nitrogens with two attached hydrogens (primary N) is 1. The molecule has 2 N–H and O–H groups in total. The molecular weight excluding hydrogens is 225 g/mol. The maximum absolute atomic E-state index is 14.0. The Balaban J connectivity index is 2.25. The Bertz CT molecular complexity index is 366. The normalized spacial score (nSPS) is 20.1. The molecule has 2 rings (SSSR count). The van der Waals surface area contributed by atoms with E-state index in [9.17, 15) is 4.39 Å². The third-order valence-corrected chi connectivity index (χ3v) is 4.10. The number of pyridine rings is 1. The number of hydrogen-bond acceptors (Lipinski definition) is 4. The van der Waals surface area contributed by atoms with Gasteiger partial charge in [-0.15, -0.1) is 0 Å². The predicted octanol–water partition coefficient (Wildman–Crippen LogP) is 1.62. The molecule has 0 amide bonds. The van der Waals surface area contributed by atoms with E-state index in [-0.39, 0.29) is 12.4 Å². The Morgan fingerprint density at radius 1 is 1.69 bits per heavy atom. The highest BCUT2D eigenvalue weighted by Crippen LogP contribution is 2.27. The average Bonchev–Trinajstić information content (AvgIpc) is 2.82. The molecule has 1 saturated heterocycles. The number of hydrogen-bond donors (Lipinski definition) is 1. The number of anilines is 1. The summed E-state index contributed by atoms with van der Waals surface area (Å²) in [6.07, 6.45) is 2.72. The molecule has 0 radical (unpaired) electrons. The van der Waals surface area contributed by atoms with Gasteiger partial charge in [-0.2, -0.15) is 11.8 Å². The third kappa shape index (κ3) is 2.15. The van der Waals surface area contributed by atoms with Crippen molar-refractivity contribution in [2.45, 2.75) is 19.0 Å². The maximum atomic E-state index is 14.0. The van der Waals surface area contributed by atoms with Crippen LogP contribution in [0, 0.1) is 5.82 Å². The molecule has 1 aromatic rings. The molecule has 0 spiro atoms. The summed E-state index contributed by atoms with van der Waals surface area (Å²) >= 11 is 1.90. The van der Waals surface area contributed by atoms with Crippen LogP contribution in [0.5, 0.6) is 0 Å². The van der Waals surface area contributed by atoms with E-state index in [1.807, 2.05) is 23.7 Å². The minimum atomic E-state index is -0.274. The average molecular weight is 241 g/mol. The van der Waals surface area contributed by atoms with Gasteiger partial charge in [0.2, 0.25) is 0 Å². The van der Waals surface area contributed by atoms with Crippen molar-refractivity contribution >= 4 is 17.6 Å². The van der Waals surface area contributed by atoms with E-state index < -0.39 is 0 Å². The van der Waals surface area contributed by atoms with Gasteiger partial charge in [0, 0.05) is 37.1 Å². The number of rotatable bonds is 3. The Labute approximate surface area is 99.2 Å². The second kappa shape index (κ2) is 5.01. The van der Waals surface area contributed by atoms with Gasteiger partial charge < -0.3 is 10.6 Å². The summed E-state index contributed by atoms with van der Waals surface area (Å²) in [7, 11) is 1.91. The Morgan fingerprint density at radius 3 is 3.12 bits per heavy atom. The number of aromatic nitrogens is 1. The van der Waals surface area contributed by atoms with Gasteiger partial charge in [0.1, 0.15) is 0 Å². The molecule has 1 unspecified atom stereocenters. The fraction of sp³-hybridized carbons (Fsp3) is 0.545. The zero-order valence-corrected chi connectivity index (χ0v) is 10.1. The lowest BCUT2D eigenvalue weighted by Crippen LogP contribution is -2.33. The molecule has 1 fully saturated rings. The number of nitrogens with zero attached hydrogens (tertiary/aromatic N) is 2. The molecule has 0 aliphatic carbocycles. The molecule has 0 saturated carbocycles.